The first-order chi connectivity index (χ1) is 8.27. The number of carboxylic acid groups (broad SMARTS) is 1. The standard InChI is InChI=1S/C4H8O2.C3H3N3.C2H2S3/c1-2-3-4(5)6;1-2-4-6-5-3-1;1-2-4-5-3-1/h2-3H2,1H3,(H,5,6);1-3H;1-2H. The van der Waals surface area contributed by atoms with E-state index in [9.17, 15) is 4.79 Å². The number of rotatable bonds is 2. The Kier molecular flexibility index (Phi) is 12.8. The topological polar surface area (TPSA) is 76.0 Å². The van der Waals surface area contributed by atoms with Crippen LogP contribution in [0.2, 0.25) is 0 Å². The van der Waals surface area contributed by atoms with Gasteiger partial charge in [0, 0.05) is 6.42 Å². The molecule has 0 fully saturated rings. The van der Waals surface area contributed by atoms with Crippen molar-refractivity contribution in [3.8, 4) is 0 Å². The minimum atomic E-state index is -0.711. The molecule has 17 heavy (non-hydrogen) atoms. The number of hydrogen-bond donors (Lipinski definition) is 1. The molecule has 0 atom stereocenters. The first kappa shape index (κ1) is 16.3. The van der Waals surface area contributed by atoms with Crippen LogP contribution >= 0.6 is 31.4 Å². The van der Waals surface area contributed by atoms with Crippen LogP contribution in [0.25, 0.3) is 0 Å². The second-order valence-corrected chi connectivity index (χ2v) is 6.34. The van der Waals surface area contributed by atoms with Crippen molar-refractivity contribution < 1.29 is 9.90 Å². The smallest absolute Gasteiger partial charge is 0.303 e. The fourth-order valence-electron chi connectivity index (χ4n) is 0.532. The quantitative estimate of drug-likeness (QED) is 0.832. The zero-order chi connectivity index (χ0) is 12.8. The van der Waals surface area contributed by atoms with Gasteiger partial charge in [-0.2, -0.15) is 0 Å². The lowest BCUT2D eigenvalue weighted by Crippen LogP contribution is -1.90. The third-order valence-electron chi connectivity index (χ3n) is 1.12. The molecule has 2 rings (SSSR count). The van der Waals surface area contributed by atoms with Crippen LogP contribution in [0.1, 0.15) is 19.8 Å². The maximum absolute atomic E-state index is 9.60. The largest absolute Gasteiger partial charge is 0.481 e. The summed E-state index contributed by atoms with van der Waals surface area (Å²) >= 11 is 0. The van der Waals surface area contributed by atoms with Crippen molar-refractivity contribution in [2.45, 2.75) is 19.8 Å². The second kappa shape index (κ2) is 13.3. The number of aliphatic carboxylic acids is 1. The molecule has 2 heterocycles. The molecule has 0 aliphatic carbocycles. The zero-order valence-electron chi connectivity index (χ0n) is 9.22. The Morgan fingerprint density at radius 1 is 1.24 bits per heavy atom. The fraction of sp³-hybridized carbons (Fsp3) is 0.333. The normalized spacial score (nSPS) is 11.8. The predicted octanol–water partition coefficient (Wildman–Crippen LogP) is 3.24. The van der Waals surface area contributed by atoms with Gasteiger partial charge in [-0.05, 0) is 38.3 Å². The molecule has 1 aliphatic heterocycles. The molecule has 0 bridgehead atoms. The van der Waals surface area contributed by atoms with E-state index in [0.29, 0.717) is 6.42 Å². The molecule has 0 radical (unpaired) electrons. The second-order valence-electron chi connectivity index (χ2n) is 2.49. The Balaban J connectivity index is 0.000000227. The Hall–Kier alpha value is -0.730. The summed E-state index contributed by atoms with van der Waals surface area (Å²) in [5.74, 6) is -0.711. The van der Waals surface area contributed by atoms with Crippen LogP contribution in [-0.4, -0.2) is 26.5 Å². The highest BCUT2D eigenvalue weighted by Crippen LogP contribution is 2.42. The summed E-state index contributed by atoms with van der Waals surface area (Å²) in [6.07, 6.45) is 4.18. The van der Waals surface area contributed by atoms with E-state index in [-0.39, 0.29) is 0 Å². The Bertz CT molecular complexity index is 279. The van der Waals surface area contributed by atoms with Gasteiger partial charge in [0.15, 0.2) is 0 Å². The summed E-state index contributed by atoms with van der Waals surface area (Å²) in [5, 5.41) is 22.2. The maximum atomic E-state index is 9.60. The first-order valence-electron chi connectivity index (χ1n) is 4.71. The van der Waals surface area contributed by atoms with Gasteiger partial charge in [0.25, 0.3) is 0 Å². The number of carbonyl (C=O) groups is 1. The zero-order valence-corrected chi connectivity index (χ0v) is 11.7. The molecule has 0 saturated carbocycles. The van der Waals surface area contributed by atoms with E-state index in [4.69, 9.17) is 5.11 Å². The van der Waals surface area contributed by atoms with Crippen LogP contribution in [0.3, 0.4) is 0 Å². The van der Waals surface area contributed by atoms with Gasteiger partial charge in [-0.15, -0.1) is 10.2 Å². The van der Waals surface area contributed by atoms with E-state index in [2.05, 4.69) is 26.2 Å². The van der Waals surface area contributed by atoms with E-state index < -0.39 is 5.97 Å². The van der Waals surface area contributed by atoms with Gasteiger partial charge in [-0.1, -0.05) is 28.5 Å². The van der Waals surface area contributed by atoms with Gasteiger partial charge in [0.1, 0.15) is 0 Å². The van der Waals surface area contributed by atoms with Crippen molar-refractivity contribution in [1.82, 2.24) is 15.4 Å². The third kappa shape index (κ3) is 15.3. The minimum Gasteiger partial charge on any atom is -0.481 e. The first-order valence-corrected chi connectivity index (χ1v) is 8.32. The highest BCUT2D eigenvalue weighted by molar-refractivity contribution is 9.11. The van der Waals surface area contributed by atoms with Crippen LogP contribution in [0.15, 0.2) is 29.3 Å². The lowest BCUT2D eigenvalue weighted by molar-refractivity contribution is -0.137. The predicted molar refractivity (Wildman–Crippen MR) is 74.3 cm³/mol. The van der Waals surface area contributed by atoms with E-state index >= 15 is 0 Å². The van der Waals surface area contributed by atoms with Crippen LogP contribution in [-0.2, 0) is 4.79 Å². The van der Waals surface area contributed by atoms with Crippen LogP contribution in [0.5, 0.6) is 0 Å². The van der Waals surface area contributed by atoms with Crippen molar-refractivity contribution >= 4 is 37.4 Å². The van der Waals surface area contributed by atoms with E-state index in [1.54, 1.807) is 49.9 Å². The summed E-state index contributed by atoms with van der Waals surface area (Å²) in [6, 6.07) is 1.72. The molecule has 94 valence electrons. The molecule has 1 aromatic heterocycles. The van der Waals surface area contributed by atoms with Gasteiger partial charge in [0.2, 0.25) is 0 Å². The van der Waals surface area contributed by atoms with Gasteiger partial charge in [-0.25, -0.2) is 0 Å². The molecule has 0 unspecified atom stereocenters. The average molecular weight is 291 g/mol. The summed E-state index contributed by atoms with van der Waals surface area (Å²) < 4.78 is 0. The minimum absolute atomic E-state index is 0.292. The van der Waals surface area contributed by atoms with Crippen molar-refractivity contribution in [3.05, 3.63) is 29.3 Å². The van der Waals surface area contributed by atoms with Gasteiger partial charge in [-0.3, -0.25) is 4.79 Å². The molecular weight excluding hydrogens is 278 g/mol. The Morgan fingerprint density at radius 3 is 1.94 bits per heavy atom. The van der Waals surface area contributed by atoms with Gasteiger partial charge >= 0.3 is 5.97 Å². The lowest BCUT2D eigenvalue weighted by atomic mass is 10.4. The molecule has 1 aromatic rings. The SMILES string of the molecule is C1=CSSS1.CCCC(=O)O.c1cnnnc1. The van der Waals surface area contributed by atoms with Crippen LogP contribution in [0, 0.1) is 0 Å². The molecule has 8 heteroatoms. The van der Waals surface area contributed by atoms with E-state index in [0.717, 1.165) is 6.42 Å². The van der Waals surface area contributed by atoms with Crippen molar-refractivity contribution in [2.75, 3.05) is 0 Å². The summed E-state index contributed by atoms with van der Waals surface area (Å²) in [4.78, 5) is 9.60. The Morgan fingerprint density at radius 2 is 1.82 bits per heavy atom. The van der Waals surface area contributed by atoms with Crippen molar-refractivity contribution in [1.29, 1.82) is 0 Å². The molecule has 0 aromatic carbocycles. The Labute approximate surface area is 112 Å². The molecule has 0 saturated heterocycles. The molecule has 5 nitrogen and oxygen atoms in total. The summed E-state index contributed by atoms with van der Waals surface area (Å²) in [7, 11) is 5.34. The van der Waals surface area contributed by atoms with Crippen LogP contribution in [0.4, 0.5) is 0 Å². The average Bonchev–Trinajstić information content (AvgIpc) is 2.90. The van der Waals surface area contributed by atoms with Gasteiger partial charge < -0.3 is 5.11 Å². The lowest BCUT2D eigenvalue weighted by Gasteiger charge is -1.79. The highest BCUT2D eigenvalue weighted by atomic mass is 33.5. The number of carboxylic acids is 1. The molecule has 0 spiro atoms. The summed E-state index contributed by atoms with van der Waals surface area (Å²) in [6.45, 7) is 1.84. The number of nitrogens with zero attached hydrogens (tertiary/aromatic N) is 3. The monoisotopic (exact) mass is 291 g/mol. The molecular formula is C9H13N3O2S3. The summed E-state index contributed by atoms with van der Waals surface area (Å²) in [5.41, 5.74) is 0. The van der Waals surface area contributed by atoms with Gasteiger partial charge in [0.05, 0.1) is 12.4 Å². The van der Waals surface area contributed by atoms with Crippen molar-refractivity contribution in [2.24, 2.45) is 0 Å². The molecule has 0 amide bonds. The van der Waals surface area contributed by atoms with E-state index in [1.165, 1.54) is 0 Å². The van der Waals surface area contributed by atoms with Crippen LogP contribution < -0.4 is 0 Å². The maximum Gasteiger partial charge on any atom is 0.303 e. The number of hydrogen-bond acceptors (Lipinski definition) is 7. The molecule has 1 aliphatic rings. The van der Waals surface area contributed by atoms with E-state index in [1.807, 2.05) is 6.92 Å². The molecule has 1 N–H and O–H groups in total. The van der Waals surface area contributed by atoms with Crippen molar-refractivity contribution in [3.63, 3.8) is 0 Å². The number of aromatic nitrogens is 3. The third-order valence-corrected chi connectivity index (χ3v) is 4.49. The highest BCUT2D eigenvalue weighted by Gasteiger charge is 1.87. The fourth-order valence-corrected chi connectivity index (χ4v) is 3.48.